The van der Waals surface area contributed by atoms with E-state index in [-0.39, 0.29) is 11.5 Å². The zero-order chi connectivity index (χ0) is 19.2. The monoisotopic (exact) mass is 389 g/mol. The van der Waals surface area contributed by atoms with E-state index in [1.54, 1.807) is 26.0 Å². The summed E-state index contributed by atoms with van der Waals surface area (Å²) in [6.45, 7) is 3.43. The first-order chi connectivity index (χ1) is 12.7. The minimum Gasteiger partial charge on any atom is -0.298 e. The number of nitrogens with one attached hydrogen (secondary N) is 1. The quantitative estimate of drug-likeness (QED) is 0.769. The van der Waals surface area contributed by atoms with Crippen molar-refractivity contribution in [3.05, 3.63) is 35.9 Å². The van der Waals surface area contributed by atoms with Crippen LogP contribution in [0, 0.1) is 29.6 Å². The van der Waals surface area contributed by atoms with Crippen LogP contribution in [0.15, 0.2) is 30.3 Å². The maximum absolute atomic E-state index is 13.1. The maximum Gasteiger partial charge on any atom is 0.216 e. The summed E-state index contributed by atoms with van der Waals surface area (Å²) < 4.78 is 27.9. The van der Waals surface area contributed by atoms with E-state index in [1.165, 1.54) is 32.1 Å². The Morgan fingerprint density at radius 2 is 1.56 bits per heavy atom. The number of carbonyl (C=O) groups excluding carboxylic acids is 1. The Hall–Kier alpha value is -1.20. The molecule has 0 saturated heterocycles. The van der Waals surface area contributed by atoms with Gasteiger partial charge in [0, 0.05) is 6.42 Å². The van der Waals surface area contributed by atoms with Crippen LogP contribution in [0.2, 0.25) is 0 Å². The summed E-state index contributed by atoms with van der Waals surface area (Å²) in [5.74, 6) is 3.54. The van der Waals surface area contributed by atoms with Gasteiger partial charge < -0.3 is 0 Å². The molecule has 4 saturated carbocycles. The normalized spacial score (nSPS) is 32.6. The van der Waals surface area contributed by atoms with Gasteiger partial charge >= 0.3 is 0 Å². The van der Waals surface area contributed by atoms with Gasteiger partial charge in [-0.25, -0.2) is 13.1 Å². The van der Waals surface area contributed by atoms with Crippen LogP contribution >= 0.6 is 0 Å². The van der Waals surface area contributed by atoms with E-state index in [1.807, 2.05) is 18.2 Å². The topological polar surface area (TPSA) is 63.2 Å². The first-order valence-electron chi connectivity index (χ1n) is 10.3. The van der Waals surface area contributed by atoms with Crippen molar-refractivity contribution in [2.45, 2.75) is 63.7 Å². The number of ketones is 1. The van der Waals surface area contributed by atoms with Crippen molar-refractivity contribution in [3.8, 4) is 0 Å². The third-order valence-electron chi connectivity index (χ3n) is 7.15. The predicted molar refractivity (Wildman–Crippen MR) is 106 cm³/mol. The van der Waals surface area contributed by atoms with E-state index in [9.17, 15) is 13.2 Å². The molecule has 0 radical (unpaired) electrons. The molecular weight excluding hydrogens is 358 g/mol. The lowest BCUT2D eigenvalue weighted by Gasteiger charge is -2.54. The molecule has 0 unspecified atom stereocenters. The minimum absolute atomic E-state index is 0.0385. The lowest BCUT2D eigenvalue weighted by molar-refractivity contribution is -0.128. The SMILES string of the molecule is CC(C)(NS(=O)(=O)Cc1ccccc1)C(=O)CC1C2CC3CC(C2)CC1C3. The molecule has 1 aromatic carbocycles. The van der Waals surface area contributed by atoms with Gasteiger partial charge in [0.15, 0.2) is 5.78 Å². The summed E-state index contributed by atoms with van der Waals surface area (Å²) in [7, 11) is -3.57. The third-order valence-corrected chi connectivity index (χ3v) is 8.69. The molecule has 4 nitrogen and oxygen atoms in total. The molecule has 0 aromatic heterocycles. The number of rotatable bonds is 7. The average molecular weight is 390 g/mol. The van der Waals surface area contributed by atoms with Crippen molar-refractivity contribution in [3.63, 3.8) is 0 Å². The van der Waals surface area contributed by atoms with Crippen molar-refractivity contribution < 1.29 is 13.2 Å². The van der Waals surface area contributed by atoms with Crippen molar-refractivity contribution in [2.75, 3.05) is 0 Å². The highest BCUT2D eigenvalue weighted by Gasteiger charge is 2.49. The number of sulfonamides is 1. The summed E-state index contributed by atoms with van der Waals surface area (Å²) in [6, 6.07) is 9.11. The average Bonchev–Trinajstić information content (AvgIpc) is 2.56. The Labute approximate surface area is 163 Å². The Kier molecular flexibility index (Phi) is 4.96. The van der Waals surface area contributed by atoms with Crippen molar-refractivity contribution in [2.24, 2.45) is 29.6 Å². The van der Waals surface area contributed by atoms with Gasteiger partial charge in [-0.1, -0.05) is 30.3 Å². The number of hydrogen-bond donors (Lipinski definition) is 1. The van der Waals surface area contributed by atoms with Gasteiger partial charge in [-0.3, -0.25) is 4.79 Å². The summed E-state index contributed by atoms with van der Waals surface area (Å²) in [5, 5.41) is 0. The fourth-order valence-corrected chi connectivity index (χ4v) is 7.71. The largest absolute Gasteiger partial charge is 0.298 e. The number of benzene rings is 1. The smallest absolute Gasteiger partial charge is 0.216 e. The van der Waals surface area contributed by atoms with Gasteiger partial charge in [-0.15, -0.1) is 0 Å². The first-order valence-corrected chi connectivity index (χ1v) is 12.0. The van der Waals surface area contributed by atoms with E-state index >= 15 is 0 Å². The van der Waals surface area contributed by atoms with Gasteiger partial charge in [0.2, 0.25) is 10.0 Å². The molecule has 5 heteroatoms. The number of carbonyl (C=O) groups is 1. The second kappa shape index (κ2) is 7.00. The Balaban J connectivity index is 1.40. The fraction of sp³-hybridized carbons (Fsp3) is 0.682. The van der Waals surface area contributed by atoms with Gasteiger partial charge in [-0.2, -0.15) is 0 Å². The van der Waals surface area contributed by atoms with E-state index in [0.717, 1.165) is 17.4 Å². The van der Waals surface area contributed by atoms with E-state index < -0.39 is 15.6 Å². The van der Waals surface area contributed by atoms with Crippen LogP contribution < -0.4 is 4.72 Å². The maximum atomic E-state index is 13.1. The Morgan fingerprint density at radius 3 is 2.11 bits per heavy atom. The standard InChI is InChI=1S/C22H31NO3S/c1-22(2,23-27(25,26)14-15-6-4-3-5-7-15)21(24)13-20-18-9-16-8-17(11-18)12-19(20)10-16/h3-7,16-20,23H,8-14H2,1-2H3. The Bertz CT molecular complexity index is 772. The number of Topliss-reactive ketones (excluding diaryl/α,β-unsaturated/α-hetero) is 1. The number of hydrogen-bond acceptors (Lipinski definition) is 3. The lowest BCUT2D eigenvalue weighted by Crippen LogP contribution is -2.52. The molecule has 0 spiro atoms. The van der Waals surface area contributed by atoms with Crippen LogP contribution in [0.3, 0.4) is 0 Å². The summed E-state index contributed by atoms with van der Waals surface area (Å²) in [4.78, 5) is 13.1. The molecular formula is C22H31NO3S. The predicted octanol–water partition coefficient (Wildman–Crippen LogP) is 3.92. The molecule has 4 aliphatic carbocycles. The highest BCUT2D eigenvalue weighted by Crippen LogP contribution is 2.57. The van der Waals surface area contributed by atoms with Crippen molar-refractivity contribution in [1.82, 2.24) is 4.72 Å². The fourth-order valence-electron chi connectivity index (χ4n) is 6.12. The van der Waals surface area contributed by atoms with Gasteiger partial charge in [0.05, 0.1) is 11.3 Å². The lowest BCUT2D eigenvalue weighted by atomic mass is 9.51. The molecule has 5 rings (SSSR count). The van der Waals surface area contributed by atoms with Crippen LogP contribution in [0.25, 0.3) is 0 Å². The zero-order valence-electron chi connectivity index (χ0n) is 16.4. The molecule has 0 heterocycles. The van der Waals surface area contributed by atoms with E-state index in [2.05, 4.69) is 4.72 Å². The third kappa shape index (κ3) is 4.14. The van der Waals surface area contributed by atoms with Crippen molar-refractivity contribution >= 4 is 15.8 Å². The van der Waals surface area contributed by atoms with Crippen LogP contribution in [0.1, 0.15) is 57.9 Å². The molecule has 1 aromatic rings. The van der Waals surface area contributed by atoms with Crippen molar-refractivity contribution in [1.29, 1.82) is 0 Å². The highest BCUT2D eigenvalue weighted by molar-refractivity contribution is 7.88. The van der Waals surface area contributed by atoms with Crippen LogP contribution in [0.4, 0.5) is 0 Å². The van der Waals surface area contributed by atoms with Crippen LogP contribution in [0.5, 0.6) is 0 Å². The second-order valence-corrected chi connectivity index (χ2v) is 11.4. The summed E-state index contributed by atoms with van der Waals surface area (Å²) in [5.41, 5.74) is -0.322. The molecule has 27 heavy (non-hydrogen) atoms. The molecule has 4 aliphatic rings. The van der Waals surface area contributed by atoms with Gasteiger partial charge in [0.1, 0.15) is 0 Å². The molecule has 1 N–H and O–H groups in total. The molecule has 4 fully saturated rings. The minimum atomic E-state index is -3.57. The van der Waals surface area contributed by atoms with Crippen LogP contribution in [-0.2, 0) is 20.6 Å². The summed E-state index contributed by atoms with van der Waals surface area (Å²) >= 11 is 0. The summed E-state index contributed by atoms with van der Waals surface area (Å²) in [6.07, 6.45) is 7.06. The zero-order valence-corrected chi connectivity index (χ0v) is 17.2. The van der Waals surface area contributed by atoms with Gasteiger partial charge in [-0.05, 0) is 81.1 Å². The molecule has 148 valence electrons. The second-order valence-electron chi connectivity index (χ2n) is 9.69. The molecule has 4 bridgehead atoms. The first kappa shape index (κ1) is 19.1. The molecule has 0 amide bonds. The van der Waals surface area contributed by atoms with Gasteiger partial charge in [0.25, 0.3) is 0 Å². The molecule has 0 atom stereocenters. The Morgan fingerprint density at radius 1 is 1.00 bits per heavy atom. The molecule has 0 aliphatic heterocycles. The van der Waals surface area contributed by atoms with Crippen LogP contribution in [-0.4, -0.2) is 19.7 Å². The van der Waals surface area contributed by atoms with E-state index in [0.29, 0.717) is 24.2 Å². The van der Waals surface area contributed by atoms with E-state index in [4.69, 9.17) is 0 Å². The highest BCUT2D eigenvalue weighted by atomic mass is 32.2.